The molecule has 0 saturated carbocycles. The first-order chi connectivity index (χ1) is 15.5. The molecule has 0 unspecified atom stereocenters. The molecule has 0 aliphatic rings. The van der Waals surface area contributed by atoms with Gasteiger partial charge in [-0.1, -0.05) is 12.1 Å². The highest BCUT2D eigenvalue weighted by atomic mass is 16.6. The van der Waals surface area contributed by atoms with Crippen molar-refractivity contribution in [2.24, 2.45) is 0 Å². The molecule has 0 N–H and O–H groups in total. The number of esters is 1. The third-order valence-electron chi connectivity index (χ3n) is 4.78. The summed E-state index contributed by atoms with van der Waals surface area (Å²) < 4.78 is 17.0. The summed E-state index contributed by atoms with van der Waals surface area (Å²) in [5, 5.41) is 11.6. The van der Waals surface area contributed by atoms with Crippen molar-refractivity contribution in [3.05, 3.63) is 98.5 Å². The van der Waals surface area contributed by atoms with Crippen LogP contribution in [0.25, 0.3) is 10.9 Å². The quantitative estimate of drug-likeness (QED) is 0.246. The summed E-state index contributed by atoms with van der Waals surface area (Å²) in [5.41, 5.74) is -0.240. The maximum atomic E-state index is 13.0. The molecule has 0 bridgehead atoms. The number of nitro benzene ring substituents is 1. The number of rotatable bonds is 7. The highest BCUT2D eigenvalue weighted by Gasteiger charge is 2.20. The maximum absolute atomic E-state index is 13.0. The maximum Gasteiger partial charge on any atom is 0.338 e. The van der Waals surface area contributed by atoms with Crippen molar-refractivity contribution in [1.82, 2.24) is 9.55 Å². The van der Waals surface area contributed by atoms with Gasteiger partial charge in [0.2, 0.25) is 0 Å². The fraction of sp³-hybridized carbons (Fsp3) is 0.136. The van der Waals surface area contributed by atoms with E-state index in [-0.39, 0.29) is 41.5 Å². The summed E-state index contributed by atoms with van der Waals surface area (Å²) in [5.74, 6) is -0.0401. The van der Waals surface area contributed by atoms with E-state index in [0.717, 1.165) is 6.07 Å². The number of methoxy groups -OCH3 is 1. The number of benzene rings is 2. The number of hydrogen-bond acceptors (Lipinski definition) is 8. The Kier molecular flexibility index (Phi) is 5.67. The molecule has 162 valence electrons. The molecule has 0 aliphatic carbocycles. The summed E-state index contributed by atoms with van der Waals surface area (Å²) >= 11 is 0. The molecule has 4 aromatic rings. The van der Waals surface area contributed by atoms with Gasteiger partial charge in [-0.15, -0.1) is 0 Å². The Morgan fingerprint density at radius 3 is 2.72 bits per heavy atom. The number of fused-ring (bicyclic) bond motifs is 1. The Morgan fingerprint density at radius 1 is 1.19 bits per heavy atom. The first kappa shape index (κ1) is 20.8. The van der Waals surface area contributed by atoms with Crippen LogP contribution in [-0.4, -0.2) is 27.6 Å². The monoisotopic (exact) mass is 435 g/mol. The van der Waals surface area contributed by atoms with Crippen LogP contribution in [-0.2, 0) is 17.9 Å². The van der Waals surface area contributed by atoms with Gasteiger partial charge in [0.1, 0.15) is 12.4 Å². The SMILES string of the molecule is COc1ccc(C(=O)OCc2nc3ccccc3c(=O)n2Cc2ccco2)cc1[N+](=O)[O-]. The highest BCUT2D eigenvalue weighted by Crippen LogP contribution is 2.27. The van der Waals surface area contributed by atoms with Gasteiger partial charge in [0, 0.05) is 6.07 Å². The molecule has 0 aliphatic heterocycles. The summed E-state index contributed by atoms with van der Waals surface area (Å²) in [6.45, 7) is -0.218. The Labute approximate surface area is 180 Å². The molecule has 2 aromatic carbocycles. The van der Waals surface area contributed by atoms with E-state index in [1.54, 1.807) is 36.4 Å². The lowest BCUT2D eigenvalue weighted by Crippen LogP contribution is -2.26. The van der Waals surface area contributed by atoms with Gasteiger partial charge < -0.3 is 13.9 Å². The lowest BCUT2D eigenvalue weighted by molar-refractivity contribution is -0.385. The number of furan rings is 1. The van der Waals surface area contributed by atoms with E-state index >= 15 is 0 Å². The van der Waals surface area contributed by atoms with Gasteiger partial charge in [0.15, 0.2) is 11.6 Å². The van der Waals surface area contributed by atoms with Crippen LogP contribution in [0.4, 0.5) is 5.69 Å². The van der Waals surface area contributed by atoms with Crippen LogP contribution in [0.5, 0.6) is 5.75 Å². The van der Waals surface area contributed by atoms with Crippen LogP contribution < -0.4 is 10.3 Å². The van der Waals surface area contributed by atoms with Crippen molar-refractivity contribution < 1.29 is 23.6 Å². The Hall–Kier alpha value is -4.47. The summed E-state index contributed by atoms with van der Waals surface area (Å²) in [7, 11) is 1.30. The van der Waals surface area contributed by atoms with Gasteiger partial charge in [-0.25, -0.2) is 9.78 Å². The predicted octanol–water partition coefficient (Wildman–Crippen LogP) is 3.31. The molecule has 0 fully saturated rings. The van der Waals surface area contributed by atoms with Crippen molar-refractivity contribution in [3.8, 4) is 5.75 Å². The van der Waals surface area contributed by atoms with E-state index in [0.29, 0.717) is 16.7 Å². The van der Waals surface area contributed by atoms with Crippen LogP contribution in [0.3, 0.4) is 0 Å². The van der Waals surface area contributed by atoms with Gasteiger partial charge in [0.25, 0.3) is 5.56 Å². The zero-order chi connectivity index (χ0) is 22.7. The van der Waals surface area contributed by atoms with Crippen LogP contribution in [0.1, 0.15) is 21.9 Å². The number of nitro groups is 1. The Morgan fingerprint density at radius 2 is 2.00 bits per heavy atom. The molecular weight excluding hydrogens is 418 g/mol. The molecule has 4 rings (SSSR count). The number of carbonyl (C=O) groups excluding carboxylic acids is 1. The molecule has 2 heterocycles. The minimum absolute atomic E-state index is 0.0232. The number of carbonyl (C=O) groups is 1. The van der Waals surface area contributed by atoms with Crippen LogP contribution in [0.15, 0.2) is 70.1 Å². The van der Waals surface area contributed by atoms with Gasteiger partial charge >= 0.3 is 11.7 Å². The summed E-state index contributed by atoms with van der Waals surface area (Å²) in [4.78, 5) is 40.6. The zero-order valence-corrected chi connectivity index (χ0v) is 16.9. The molecule has 10 nitrogen and oxygen atoms in total. The van der Waals surface area contributed by atoms with E-state index in [2.05, 4.69) is 4.98 Å². The minimum Gasteiger partial charge on any atom is -0.490 e. The minimum atomic E-state index is -0.803. The molecular formula is C22H17N3O7. The molecule has 32 heavy (non-hydrogen) atoms. The third kappa shape index (κ3) is 4.06. The second-order valence-corrected chi connectivity index (χ2v) is 6.74. The van der Waals surface area contributed by atoms with Crippen molar-refractivity contribution >= 4 is 22.6 Å². The molecule has 10 heteroatoms. The van der Waals surface area contributed by atoms with Gasteiger partial charge in [-0.3, -0.25) is 19.5 Å². The molecule has 0 amide bonds. The average Bonchev–Trinajstić information content (AvgIpc) is 3.32. The van der Waals surface area contributed by atoms with E-state index in [1.807, 2.05) is 0 Å². The molecule has 0 atom stereocenters. The largest absolute Gasteiger partial charge is 0.490 e. The number of nitrogens with zero attached hydrogens (tertiary/aromatic N) is 3. The van der Waals surface area contributed by atoms with Crippen molar-refractivity contribution in [1.29, 1.82) is 0 Å². The normalized spacial score (nSPS) is 10.8. The highest BCUT2D eigenvalue weighted by molar-refractivity contribution is 5.90. The number of para-hydroxylation sites is 1. The lowest BCUT2D eigenvalue weighted by Gasteiger charge is -2.13. The third-order valence-corrected chi connectivity index (χ3v) is 4.78. The van der Waals surface area contributed by atoms with E-state index < -0.39 is 10.9 Å². The van der Waals surface area contributed by atoms with Crippen molar-refractivity contribution in [2.45, 2.75) is 13.2 Å². The Bertz CT molecular complexity index is 1360. The molecule has 0 spiro atoms. The topological polar surface area (TPSA) is 127 Å². The number of ether oxygens (including phenoxy) is 2. The fourth-order valence-electron chi connectivity index (χ4n) is 3.22. The van der Waals surface area contributed by atoms with E-state index in [4.69, 9.17) is 13.9 Å². The van der Waals surface area contributed by atoms with Crippen molar-refractivity contribution in [3.63, 3.8) is 0 Å². The second kappa shape index (κ2) is 8.72. The predicted molar refractivity (Wildman–Crippen MR) is 113 cm³/mol. The first-order valence-corrected chi connectivity index (χ1v) is 9.48. The summed E-state index contributed by atoms with van der Waals surface area (Å²) in [6, 6.07) is 14.0. The van der Waals surface area contributed by atoms with Crippen LogP contribution in [0.2, 0.25) is 0 Å². The van der Waals surface area contributed by atoms with Gasteiger partial charge in [0.05, 0.1) is 41.3 Å². The van der Waals surface area contributed by atoms with E-state index in [9.17, 15) is 19.7 Å². The van der Waals surface area contributed by atoms with Crippen LogP contribution in [0, 0.1) is 10.1 Å². The Balaban J connectivity index is 1.65. The van der Waals surface area contributed by atoms with Gasteiger partial charge in [-0.2, -0.15) is 0 Å². The lowest BCUT2D eigenvalue weighted by atomic mass is 10.2. The second-order valence-electron chi connectivity index (χ2n) is 6.74. The average molecular weight is 435 g/mol. The molecule has 0 radical (unpaired) electrons. The fourth-order valence-corrected chi connectivity index (χ4v) is 3.22. The zero-order valence-electron chi connectivity index (χ0n) is 16.9. The number of aromatic nitrogens is 2. The van der Waals surface area contributed by atoms with Gasteiger partial charge in [-0.05, 0) is 36.4 Å². The smallest absolute Gasteiger partial charge is 0.338 e. The summed E-state index contributed by atoms with van der Waals surface area (Å²) in [6.07, 6.45) is 1.49. The standard InChI is InChI=1S/C22H17N3O7/c1-30-19-9-8-14(11-18(19)25(28)29)22(27)32-13-20-23-17-7-3-2-6-16(17)21(26)24(20)12-15-5-4-10-31-15/h2-11H,12-13H2,1H3. The molecule has 0 saturated heterocycles. The number of hydrogen-bond donors (Lipinski definition) is 0. The van der Waals surface area contributed by atoms with E-state index in [1.165, 1.54) is 30.1 Å². The van der Waals surface area contributed by atoms with Crippen molar-refractivity contribution in [2.75, 3.05) is 7.11 Å². The first-order valence-electron chi connectivity index (χ1n) is 9.48. The van der Waals surface area contributed by atoms with Crippen LogP contribution >= 0.6 is 0 Å². The molecule has 2 aromatic heterocycles.